The van der Waals surface area contributed by atoms with Gasteiger partial charge in [-0.1, -0.05) is 6.42 Å². The lowest BCUT2D eigenvalue weighted by Crippen LogP contribution is -2.57. The lowest BCUT2D eigenvalue weighted by molar-refractivity contribution is 0.0523. The average Bonchev–Trinajstić information content (AvgIpc) is 2.32. The van der Waals surface area contributed by atoms with Crippen LogP contribution in [0.1, 0.15) is 19.3 Å². The molecule has 0 bridgehead atoms. The van der Waals surface area contributed by atoms with Crippen molar-refractivity contribution in [2.24, 2.45) is 5.92 Å². The number of anilines is 1. The minimum Gasteiger partial charge on any atom is -0.449 e. The molecule has 1 saturated heterocycles. The third-order valence-electron chi connectivity index (χ3n) is 3.71. The van der Waals surface area contributed by atoms with Gasteiger partial charge in [-0.2, -0.15) is 0 Å². The van der Waals surface area contributed by atoms with Gasteiger partial charge in [0.2, 0.25) is 5.95 Å². The molecule has 6 nitrogen and oxygen atoms in total. The molecule has 1 aliphatic carbocycles. The minimum atomic E-state index is -0.195. The summed E-state index contributed by atoms with van der Waals surface area (Å²) < 4.78 is 5.28. The van der Waals surface area contributed by atoms with Crippen molar-refractivity contribution in [3.8, 4) is 0 Å². The molecule has 2 fully saturated rings. The van der Waals surface area contributed by atoms with Crippen LogP contribution in [0.3, 0.4) is 0 Å². The van der Waals surface area contributed by atoms with Crippen LogP contribution in [0.2, 0.25) is 0 Å². The fourth-order valence-corrected chi connectivity index (χ4v) is 2.22. The smallest absolute Gasteiger partial charge is 0.409 e. The molecule has 1 aromatic rings. The average molecular weight is 262 g/mol. The predicted molar refractivity (Wildman–Crippen MR) is 69.7 cm³/mol. The molecule has 0 aromatic carbocycles. The predicted octanol–water partition coefficient (Wildman–Crippen LogP) is 1.51. The van der Waals surface area contributed by atoms with Crippen LogP contribution in [0.25, 0.3) is 0 Å². The summed E-state index contributed by atoms with van der Waals surface area (Å²) in [5.74, 6) is 1.20. The number of aromatic nitrogens is 2. The van der Waals surface area contributed by atoms with Gasteiger partial charge in [-0.05, 0) is 24.8 Å². The van der Waals surface area contributed by atoms with Crippen LogP contribution >= 0.6 is 0 Å². The van der Waals surface area contributed by atoms with Gasteiger partial charge in [0.05, 0.1) is 12.6 Å². The van der Waals surface area contributed by atoms with E-state index in [1.165, 1.54) is 19.3 Å². The third kappa shape index (κ3) is 2.94. The highest BCUT2D eigenvalue weighted by Crippen LogP contribution is 2.26. The number of carbonyl (C=O) groups excluding carboxylic acids is 1. The summed E-state index contributed by atoms with van der Waals surface area (Å²) in [7, 11) is 0. The molecular formula is C13H18N4O2. The van der Waals surface area contributed by atoms with Gasteiger partial charge < -0.3 is 15.0 Å². The molecule has 0 radical (unpaired) electrons. The first-order valence-electron chi connectivity index (χ1n) is 6.76. The zero-order valence-corrected chi connectivity index (χ0v) is 10.8. The van der Waals surface area contributed by atoms with Gasteiger partial charge in [-0.25, -0.2) is 14.8 Å². The molecule has 0 unspecified atom stereocenters. The lowest BCUT2D eigenvalue weighted by Gasteiger charge is -2.39. The Kier molecular flexibility index (Phi) is 3.48. The molecule has 19 heavy (non-hydrogen) atoms. The third-order valence-corrected chi connectivity index (χ3v) is 3.71. The molecule has 1 amide bonds. The fraction of sp³-hybridized carbons (Fsp3) is 0.615. The van der Waals surface area contributed by atoms with Crippen LogP contribution in [0.5, 0.6) is 0 Å². The molecule has 3 rings (SSSR count). The molecular weight excluding hydrogens is 244 g/mol. The largest absolute Gasteiger partial charge is 0.449 e. The number of hydrogen-bond donors (Lipinski definition) is 1. The number of hydrogen-bond acceptors (Lipinski definition) is 5. The Morgan fingerprint density at radius 2 is 2.11 bits per heavy atom. The molecule has 0 atom stereocenters. The zero-order valence-electron chi connectivity index (χ0n) is 10.8. The molecule has 1 N–H and O–H groups in total. The van der Waals surface area contributed by atoms with Gasteiger partial charge >= 0.3 is 6.09 Å². The highest BCUT2D eigenvalue weighted by Gasteiger charge is 2.32. The summed E-state index contributed by atoms with van der Waals surface area (Å²) in [6.07, 6.45) is 6.86. The number of amides is 1. The summed E-state index contributed by atoms with van der Waals surface area (Å²) in [5, 5.41) is 3.18. The number of likely N-dealkylation sites (tertiary alicyclic amines) is 1. The Morgan fingerprint density at radius 1 is 1.37 bits per heavy atom. The topological polar surface area (TPSA) is 67.3 Å². The first kappa shape index (κ1) is 12.2. The number of nitrogens with one attached hydrogen (secondary N) is 1. The van der Waals surface area contributed by atoms with E-state index in [2.05, 4.69) is 15.3 Å². The standard InChI is InChI=1S/C13H18N4O2/c18-13(19-9-10-3-1-4-10)17-7-11(8-17)16-12-14-5-2-6-15-12/h2,5-6,10-11H,1,3-4,7-9H2,(H,14,15,16). The highest BCUT2D eigenvalue weighted by molar-refractivity contribution is 5.69. The van der Waals surface area contributed by atoms with E-state index < -0.39 is 0 Å². The fourth-order valence-electron chi connectivity index (χ4n) is 2.22. The van der Waals surface area contributed by atoms with Crippen molar-refractivity contribution in [2.45, 2.75) is 25.3 Å². The van der Waals surface area contributed by atoms with E-state index in [4.69, 9.17) is 4.74 Å². The van der Waals surface area contributed by atoms with E-state index in [1.807, 2.05) is 0 Å². The Labute approximate surface area is 112 Å². The summed E-state index contributed by atoms with van der Waals surface area (Å²) in [5.41, 5.74) is 0. The first-order valence-corrected chi connectivity index (χ1v) is 6.76. The van der Waals surface area contributed by atoms with E-state index >= 15 is 0 Å². The summed E-state index contributed by atoms with van der Waals surface area (Å²) in [6.45, 7) is 1.89. The van der Waals surface area contributed by atoms with Crippen molar-refractivity contribution in [2.75, 3.05) is 25.0 Å². The van der Waals surface area contributed by atoms with Gasteiger partial charge in [0.15, 0.2) is 0 Å². The van der Waals surface area contributed by atoms with Crippen LogP contribution in [0.4, 0.5) is 10.7 Å². The Balaban J connectivity index is 1.36. The van der Waals surface area contributed by atoms with Gasteiger partial charge in [-0.3, -0.25) is 0 Å². The Bertz CT molecular complexity index is 430. The van der Waals surface area contributed by atoms with Crippen molar-refractivity contribution in [1.82, 2.24) is 14.9 Å². The molecule has 0 spiro atoms. The van der Waals surface area contributed by atoms with E-state index in [-0.39, 0.29) is 12.1 Å². The maximum absolute atomic E-state index is 11.7. The van der Waals surface area contributed by atoms with Gasteiger partial charge in [0.25, 0.3) is 0 Å². The molecule has 1 saturated carbocycles. The first-order chi connectivity index (χ1) is 9.31. The van der Waals surface area contributed by atoms with Crippen LogP contribution in [-0.2, 0) is 4.74 Å². The van der Waals surface area contributed by atoms with E-state index in [1.54, 1.807) is 23.4 Å². The zero-order chi connectivity index (χ0) is 13.1. The van der Waals surface area contributed by atoms with Gasteiger partial charge in [-0.15, -0.1) is 0 Å². The quantitative estimate of drug-likeness (QED) is 0.890. The number of ether oxygens (including phenoxy) is 1. The highest BCUT2D eigenvalue weighted by atomic mass is 16.6. The molecule has 1 aliphatic heterocycles. The van der Waals surface area contributed by atoms with E-state index in [0.717, 1.165) is 0 Å². The molecule has 2 heterocycles. The maximum Gasteiger partial charge on any atom is 0.409 e. The van der Waals surface area contributed by atoms with Crippen LogP contribution in [0.15, 0.2) is 18.5 Å². The lowest BCUT2D eigenvalue weighted by atomic mass is 9.86. The van der Waals surface area contributed by atoms with E-state index in [9.17, 15) is 4.79 Å². The van der Waals surface area contributed by atoms with Crippen LogP contribution in [-0.4, -0.2) is 46.7 Å². The van der Waals surface area contributed by atoms with Crippen molar-refractivity contribution in [3.63, 3.8) is 0 Å². The van der Waals surface area contributed by atoms with Gasteiger partial charge in [0.1, 0.15) is 0 Å². The van der Waals surface area contributed by atoms with Crippen molar-refractivity contribution in [1.29, 1.82) is 0 Å². The second-order valence-corrected chi connectivity index (χ2v) is 5.19. The summed E-state index contributed by atoms with van der Waals surface area (Å²) >= 11 is 0. The summed E-state index contributed by atoms with van der Waals surface area (Å²) in [4.78, 5) is 21.6. The molecule has 102 valence electrons. The minimum absolute atomic E-state index is 0.195. The maximum atomic E-state index is 11.7. The van der Waals surface area contributed by atoms with Gasteiger partial charge in [0, 0.05) is 25.5 Å². The number of carbonyl (C=O) groups is 1. The molecule has 6 heteroatoms. The Morgan fingerprint density at radius 3 is 2.74 bits per heavy atom. The number of rotatable bonds is 4. The molecule has 1 aromatic heterocycles. The van der Waals surface area contributed by atoms with E-state index in [0.29, 0.717) is 31.6 Å². The van der Waals surface area contributed by atoms with Crippen LogP contribution in [0, 0.1) is 5.92 Å². The normalized spacial score (nSPS) is 19.5. The SMILES string of the molecule is O=C(OCC1CCC1)N1CC(Nc2ncccn2)C1. The second-order valence-electron chi connectivity index (χ2n) is 5.19. The van der Waals surface area contributed by atoms with Crippen molar-refractivity contribution >= 4 is 12.0 Å². The van der Waals surface area contributed by atoms with Crippen LogP contribution < -0.4 is 5.32 Å². The molecule has 2 aliphatic rings. The van der Waals surface area contributed by atoms with Crippen molar-refractivity contribution in [3.05, 3.63) is 18.5 Å². The summed E-state index contributed by atoms with van der Waals surface area (Å²) in [6, 6.07) is 1.99. The monoisotopic (exact) mass is 262 g/mol. The second kappa shape index (κ2) is 5.42. The van der Waals surface area contributed by atoms with Crippen molar-refractivity contribution < 1.29 is 9.53 Å². The Hall–Kier alpha value is -1.85. The number of nitrogens with zero attached hydrogens (tertiary/aromatic N) is 3.